The number of hydrogen-bond donors (Lipinski definition) is 3. The zero-order chi connectivity index (χ0) is 22.0. The van der Waals surface area contributed by atoms with Gasteiger partial charge >= 0.3 is 0 Å². The van der Waals surface area contributed by atoms with E-state index in [1.54, 1.807) is 25.1 Å². The number of thiophene rings is 1. The van der Waals surface area contributed by atoms with Gasteiger partial charge in [0.15, 0.2) is 16.6 Å². The molecule has 3 N–H and O–H groups in total. The first-order chi connectivity index (χ1) is 14.9. The highest BCUT2D eigenvalue weighted by molar-refractivity contribution is 7.80. The Morgan fingerprint density at radius 1 is 1.10 bits per heavy atom. The Morgan fingerprint density at radius 2 is 1.87 bits per heavy atom. The molecule has 1 aliphatic rings. The topological polar surface area (TPSA) is 75.1 Å². The molecule has 0 unspecified atom stereocenters. The molecule has 0 aliphatic carbocycles. The summed E-state index contributed by atoms with van der Waals surface area (Å²) >= 11 is 18.8. The first kappa shape index (κ1) is 21.7. The highest BCUT2D eigenvalue weighted by atomic mass is 35.5. The summed E-state index contributed by atoms with van der Waals surface area (Å²) in [5.41, 5.74) is 5.49. The molecule has 1 aromatic heterocycles. The summed E-state index contributed by atoms with van der Waals surface area (Å²) in [5, 5.41) is 21.0. The SMILES string of the molecule is C/C(=N/NC(=S)Nc1ccc2c(c1)OCCO2)c1csc(-c2ccc(Cl)c(Cl)c2)c1O. The molecule has 0 atom stereocenters. The zero-order valence-corrected chi connectivity index (χ0v) is 19.4. The molecule has 2 heterocycles. The first-order valence-corrected chi connectivity index (χ1v) is 11.2. The monoisotopic (exact) mass is 493 g/mol. The molecule has 0 amide bonds. The number of rotatable bonds is 4. The molecule has 0 spiro atoms. The second-order valence-corrected chi connectivity index (χ2v) is 8.68. The molecule has 31 heavy (non-hydrogen) atoms. The molecule has 160 valence electrons. The van der Waals surface area contributed by atoms with Crippen molar-refractivity contribution in [2.45, 2.75) is 6.92 Å². The van der Waals surface area contributed by atoms with E-state index in [2.05, 4.69) is 15.8 Å². The fourth-order valence-electron chi connectivity index (χ4n) is 2.93. The number of halogens is 2. The van der Waals surface area contributed by atoms with Crippen molar-refractivity contribution in [1.82, 2.24) is 5.43 Å². The van der Waals surface area contributed by atoms with Crippen molar-refractivity contribution in [3.05, 3.63) is 57.4 Å². The van der Waals surface area contributed by atoms with Gasteiger partial charge in [0.05, 0.1) is 26.2 Å². The van der Waals surface area contributed by atoms with Crippen molar-refractivity contribution < 1.29 is 14.6 Å². The van der Waals surface area contributed by atoms with Crippen LogP contribution in [0.25, 0.3) is 10.4 Å². The van der Waals surface area contributed by atoms with E-state index in [0.29, 0.717) is 56.0 Å². The van der Waals surface area contributed by atoms with Gasteiger partial charge in [0.1, 0.15) is 19.0 Å². The average Bonchev–Trinajstić information content (AvgIpc) is 3.15. The predicted octanol–water partition coefficient (Wildman–Crippen LogP) is 5.91. The first-order valence-electron chi connectivity index (χ1n) is 9.19. The van der Waals surface area contributed by atoms with E-state index in [-0.39, 0.29) is 5.75 Å². The van der Waals surface area contributed by atoms with Gasteiger partial charge in [-0.3, -0.25) is 5.43 Å². The normalized spacial score (nSPS) is 13.1. The van der Waals surface area contributed by atoms with E-state index in [9.17, 15) is 5.11 Å². The van der Waals surface area contributed by atoms with Crippen molar-refractivity contribution in [2.24, 2.45) is 5.10 Å². The molecule has 10 heteroatoms. The summed E-state index contributed by atoms with van der Waals surface area (Å²) in [6, 6.07) is 10.7. The highest BCUT2D eigenvalue weighted by Gasteiger charge is 2.16. The predicted molar refractivity (Wildman–Crippen MR) is 130 cm³/mol. The van der Waals surface area contributed by atoms with Crippen LogP contribution in [0.15, 0.2) is 46.9 Å². The molecule has 0 saturated carbocycles. The number of nitrogens with zero attached hydrogens (tertiary/aromatic N) is 1. The van der Waals surface area contributed by atoms with E-state index in [4.69, 9.17) is 44.9 Å². The third kappa shape index (κ3) is 4.88. The molecule has 0 bridgehead atoms. The fourth-order valence-corrected chi connectivity index (χ4v) is 4.39. The number of aromatic hydroxyl groups is 1. The van der Waals surface area contributed by atoms with Gasteiger partial charge in [-0.15, -0.1) is 11.3 Å². The van der Waals surface area contributed by atoms with Gasteiger partial charge in [0, 0.05) is 17.1 Å². The summed E-state index contributed by atoms with van der Waals surface area (Å²) in [6.07, 6.45) is 0. The van der Waals surface area contributed by atoms with Crippen molar-refractivity contribution in [3.8, 4) is 27.7 Å². The Labute approximate surface area is 198 Å². The molecule has 0 radical (unpaired) electrons. The molecule has 0 fully saturated rings. The number of nitrogens with one attached hydrogen (secondary N) is 2. The van der Waals surface area contributed by atoms with Gasteiger partial charge < -0.3 is 19.9 Å². The number of anilines is 1. The molecule has 4 rings (SSSR count). The molecule has 1 aliphatic heterocycles. The minimum Gasteiger partial charge on any atom is -0.506 e. The molecular weight excluding hydrogens is 477 g/mol. The summed E-state index contributed by atoms with van der Waals surface area (Å²) in [4.78, 5) is 0.681. The number of hydrogen-bond acceptors (Lipinski definition) is 6. The Kier molecular flexibility index (Phi) is 6.52. The summed E-state index contributed by atoms with van der Waals surface area (Å²) in [5.74, 6) is 1.49. The number of ether oxygens (including phenoxy) is 2. The van der Waals surface area contributed by atoms with Crippen LogP contribution in [0.5, 0.6) is 17.2 Å². The van der Waals surface area contributed by atoms with Crippen LogP contribution >= 0.6 is 46.8 Å². The lowest BCUT2D eigenvalue weighted by atomic mass is 10.1. The summed E-state index contributed by atoms with van der Waals surface area (Å²) < 4.78 is 11.1. The minimum atomic E-state index is 0.122. The molecule has 3 aromatic rings. The van der Waals surface area contributed by atoms with Crippen molar-refractivity contribution >= 4 is 63.3 Å². The van der Waals surface area contributed by atoms with Crippen LogP contribution in [0.3, 0.4) is 0 Å². The lowest BCUT2D eigenvalue weighted by molar-refractivity contribution is 0.171. The van der Waals surface area contributed by atoms with Crippen molar-refractivity contribution in [3.63, 3.8) is 0 Å². The Hall–Kier alpha value is -2.52. The smallest absolute Gasteiger partial charge is 0.191 e. The van der Waals surface area contributed by atoms with Crippen LogP contribution in [0.4, 0.5) is 5.69 Å². The Morgan fingerprint density at radius 3 is 2.65 bits per heavy atom. The van der Waals surface area contributed by atoms with Crippen molar-refractivity contribution in [2.75, 3.05) is 18.5 Å². The zero-order valence-electron chi connectivity index (χ0n) is 16.2. The molecule has 2 aromatic carbocycles. The molecule has 6 nitrogen and oxygen atoms in total. The van der Waals surface area contributed by atoms with Crippen LogP contribution in [0, 0.1) is 0 Å². The van der Waals surface area contributed by atoms with Gasteiger partial charge in [-0.05, 0) is 49.0 Å². The van der Waals surface area contributed by atoms with Crippen LogP contribution in [0.2, 0.25) is 10.0 Å². The van der Waals surface area contributed by atoms with Gasteiger partial charge in [0.2, 0.25) is 0 Å². The Balaban J connectivity index is 1.44. The van der Waals surface area contributed by atoms with E-state index in [1.165, 1.54) is 11.3 Å². The lowest BCUT2D eigenvalue weighted by Crippen LogP contribution is -2.25. The molecule has 0 saturated heterocycles. The summed E-state index contributed by atoms with van der Waals surface area (Å²) in [6.45, 7) is 2.83. The second kappa shape index (κ2) is 9.32. The van der Waals surface area contributed by atoms with E-state index >= 15 is 0 Å². The minimum absolute atomic E-state index is 0.122. The number of benzene rings is 2. The van der Waals surface area contributed by atoms with E-state index < -0.39 is 0 Å². The second-order valence-electron chi connectivity index (χ2n) is 6.58. The van der Waals surface area contributed by atoms with Gasteiger partial charge in [-0.1, -0.05) is 29.3 Å². The number of fused-ring (bicyclic) bond motifs is 1. The Bertz CT molecular complexity index is 1180. The van der Waals surface area contributed by atoms with Crippen LogP contribution in [-0.4, -0.2) is 29.1 Å². The van der Waals surface area contributed by atoms with Crippen LogP contribution in [0.1, 0.15) is 12.5 Å². The quantitative estimate of drug-likeness (QED) is 0.238. The lowest BCUT2D eigenvalue weighted by Gasteiger charge is -2.19. The summed E-state index contributed by atoms with van der Waals surface area (Å²) in [7, 11) is 0. The highest BCUT2D eigenvalue weighted by Crippen LogP contribution is 2.40. The number of hydrazone groups is 1. The average molecular weight is 494 g/mol. The van der Waals surface area contributed by atoms with Crippen molar-refractivity contribution in [1.29, 1.82) is 0 Å². The maximum atomic E-state index is 10.7. The fraction of sp³-hybridized carbons (Fsp3) is 0.143. The van der Waals surface area contributed by atoms with Crippen LogP contribution < -0.4 is 20.2 Å². The third-order valence-corrected chi connectivity index (χ3v) is 6.41. The number of thiocarbonyl (C=S) groups is 1. The maximum Gasteiger partial charge on any atom is 0.191 e. The van der Waals surface area contributed by atoms with Gasteiger partial charge in [-0.2, -0.15) is 5.10 Å². The third-order valence-electron chi connectivity index (χ3n) is 4.46. The molecular formula is C21H17Cl2N3O3S2. The van der Waals surface area contributed by atoms with Crippen LogP contribution in [-0.2, 0) is 0 Å². The van der Waals surface area contributed by atoms with Gasteiger partial charge in [-0.25, -0.2) is 0 Å². The van der Waals surface area contributed by atoms with Gasteiger partial charge in [0.25, 0.3) is 0 Å². The largest absolute Gasteiger partial charge is 0.506 e. The van der Waals surface area contributed by atoms with E-state index in [1.807, 2.05) is 23.6 Å². The standard InChI is InChI=1S/C21H17Cl2N3O3S2/c1-11(14-10-31-20(19(14)27)12-2-4-15(22)16(23)8-12)25-26-21(30)24-13-3-5-17-18(9-13)29-7-6-28-17/h2-5,8-10,27H,6-7H2,1H3,(H2,24,26,30)/b25-11-. The maximum absolute atomic E-state index is 10.7. The van der Waals surface area contributed by atoms with E-state index in [0.717, 1.165) is 11.3 Å².